The average molecular weight is 378 g/mol. The van der Waals surface area contributed by atoms with Crippen molar-refractivity contribution in [3.05, 3.63) is 77.6 Å². The number of hydrogen-bond acceptors (Lipinski definition) is 2. The smallest absolute Gasteiger partial charge is 0.246 e. The number of carbonyl (C=O) groups is 2. The Morgan fingerprint density at radius 1 is 0.893 bits per heavy atom. The Hall–Kier alpha value is -2.95. The van der Waals surface area contributed by atoms with Gasteiger partial charge in [-0.15, -0.1) is 0 Å². The monoisotopic (exact) mass is 378 g/mol. The molecule has 5 heteroatoms. The van der Waals surface area contributed by atoms with Crippen LogP contribution in [0.2, 0.25) is 0 Å². The maximum absolute atomic E-state index is 13.1. The van der Waals surface area contributed by atoms with Crippen molar-refractivity contribution in [2.75, 3.05) is 26.2 Å². The summed E-state index contributed by atoms with van der Waals surface area (Å²) in [4.78, 5) is 28.7. The number of amides is 2. The second-order valence-electron chi connectivity index (χ2n) is 7.39. The van der Waals surface area contributed by atoms with Crippen LogP contribution in [-0.2, 0) is 9.59 Å². The van der Waals surface area contributed by atoms with Gasteiger partial charge in [-0.25, -0.2) is 4.39 Å². The molecule has 1 aliphatic carbocycles. The van der Waals surface area contributed by atoms with Crippen LogP contribution in [0.25, 0.3) is 6.08 Å². The summed E-state index contributed by atoms with van der Waals surface area (Å²) in [6.45, 7) is 2.24. The molecule has 2 fully saturated rings. The predicted octanol–water partition coefficient (Wildman–Crippen LogP) is 3.31. The van der Waals surface area contributed by atoms with Crippen molar-refractivity contribution >= 4 is 17.9 Å². The van der Waals surface area contributed by atoms with Crippen LogP contribution < -0.4 is 0 Å². The molecule has 2 aromatic carbocycles. The van der Waals surface area contributed by atoms with E-state index in [1.54, 1.807) is 23.1 Å². The Kier molecular flexibility index (Phi) is 5.24. The van der Waals surface area contributed by atoms with Crippen LogP contribution in [-0.4, -0.2) is 47.8 Å². The maximum Gasteiger partial charge on any atom is 0.246 e. The SMILES string of the molecule is O=C(/C=C/c1ccccc1)N1CCN(C(=O)[C@H]2C[C@@H]2c2ccc(F)cc2)CC1. The normalized spacial score (nSPS) is 21.8. The Morgan fingerprint density at radius 2 is 1.54 bits per heavy atom. The van der Waals surface area contributed by atoms with Crippen LogP contribution in [0.5, 0.6) is 0 Å². The van der Waals surface area contributed by atoms with Gasteiger partial charge in [0, 0.05) is 38.2 Å². The first kappa shape index (κ1) is 18.4. The van der Waals surface area contributed by atoms with Crippen LogP contribution in [0.15, 0.2) is 60.7 Å². The van der Waals surface area contributed by atoms with E-state index in [0.29, 0.717) is 26.2 Å². The quantitative estimate of drug-likeness (QED) is 0.766. The summed E-state index contributed by atoms with van der Waals surface area (Å²) in [5, 5.41) is 0. The summed E-state index contributed by atoms with van der Waals surface area (Å²) in [5.41, 5.74) is 2.02. The Balaban J connectivity index is 1.27. The van der Waals surface area contributed by atoms with Crippen molar-refractivity contribution < 1.29 is 14.0 Å². The van der Waals surface area contributed by atoms with Gasteiger partial charge in [-0.2, -0.15) is 0 Å². The first-order valence-electron chi connectivity index (χ1n) is 9.68. The second-order valence-corrected chi connectivity index (χ2v) is 7.39. The Bertz CT molecular complexity index is 871. The predicted molar refractivity (Wildman–Crippen MR) is 106 cm³/mol. The third-order valence-electron chi connectivity index (χ3n) is 5.53. The van der Waals surface area contributed by atoms with Gasteiger partial charge in [-0.1, -0.05) is 42.5 Å². The van der Waals surface area contributed by atoms with Gasteiger partial charge < -0.3 is 9.80 Å². The van der Waals surface area contributed by atoms with Crippen LogP contribution >= 0.6 is 0 Å². The van der Waals surface area contributed by atoms with Gasteiger partial charge in [0.05, 0.1) is 0 Å². The lowest BCUT2D eigenvalue weighted by molar-refractivity contribution is -0.138. The number of benzene rings is 2. The molecule has 0 spiro atoms. The zero-order chi connectivity index (χ0) is 19.5. The maximum atomic E-state index is 13.1. The molecule has 1 saturated carbocycles. The fourth-order valence-electron chi connectivity index (χ4n) is 3.77. The molecule has 2 amide bonds. The molecule has 4 rings (SSSR count). The van der Waals surface area contributed by atoms with Crippen molar-refractivity contribution in [1.82, 2.24) is 9.80 Å². The molecule has 1 saturated heterocycles. The van der Waals surface area contributed by atoms with Crippen molar-refractivity contribution in [3.8, 4) is 0 Å². The number of rotatable bonds is 4. The standard InChI is InChI=1S/C23H23FN2O2/c24-19-9-7-18(8-10-19)20-16-21(20)23(28)26-14-12-25(13-15-26)22(27)11-6-17-4-2-1-3-5-17/h1-11,20-21H,12-16H2/b11-6+/t20-,21+/m1/s1. The molecule has 0 unspecified atom stereocenters. The van der Waals surface area contributed by atoms with E-state index >= 15 is 0 Å². The molecule has 4 nitrogen and oxygen atoms in total. The molecular formula is C23H23FN2O2. The van der Waals surface area contributed by atoms with E-state index in [4.69, 9.17) is 0 Å². The van der Waals surface area contributed by atoms with Gasteiger partial charge >= 0.3 is 0 Å². The number of nitrogens with zero attached hydrogens (tertiary/aromatic N) is 2. The minimum absolute atomic E-state index is 0.00862. The van der Waals surface area contributed by atoms with Gasteiger partial charge in [0.25, 0.3) is 0 Å². The number of halogens is 1. The molecule has 0 bridgehead atoms. The highest BCUT2D eigenvalue weighted by molar-refractivity contribution is 5.92. The van der Waals surface area contributed by atoms with Crippen molar-refractivity contribution in [2.45, 2.75) is 12.3 Å². The topological polar surface area (TPSA) is 40.6 Å². The van der Waals surface area contributed by atoms with Crippen LogP contribution in [0.3, 0.4) is 0 Å². The van der Waals surface area contributed by atoms with Gasteiger partial charge in [0.1, 0.15) is 5.82 Å². The van der Waals surface area contributed by atoms with Crippen molar-refractivity contribution in [1.29, 1.82) is 0 Å². The minimum atomic E-state index is -0.255. The lowest BCUT2D eigenvalue weighted by atomic mass is 10.1. The number of piperazine rings is 1. The summed E-state index contributed by atoms with van der Waals surface area (Å²) in [7, 11) is 0. The van der Waals surface area contributed by atoms with E-state index in [2.05, 4.69) is 0 Å². The second kappa shape index (κ2) is 7.97. The fourth-order valence-corrected chi connectivity index (χ4v) is 3.77. The van der Waals surface area contributed by atoms with Crippen LogP contribution in [0.4, 0.5) is 4.39 Å². The van der Waals surface area contributed by atoms with Crippen molar-refractivity contribution in [3.63, 3.8) is 0 Å². The summed E-state index contributed by atoms with van der Waals surface area (Å²) in [6, 6.07) is 16.1. The Morgan fingerprint density at radius 3 is 2.21 bits per heavy atom. The lowest BCUT2D eigenvalue weighted by Gasteiger charge is -2.34. The van der Waals surface area contributed by atoms with Gasteiger partial charge in [-0.05, 0) is 41.7 Å². The molecule has 1 heterocycles. The van der Waals surface area contributed by atoms with Crippen molar-refractivity contribution in [2.24, 2.45) is 5.92 Å². The zero-order valence-electron chi connectivity index (χ0n) is 15.6. The molecule has 28 heavy (non-hydrogen) atoms. The van der Waals surface area contributed by atoms with E-state index in [-0.39, 0.29) is 29.5 Å². The molecule has 144 valence electrons. The molecular weight excluding hydrogens is 355 g/mol. The van der Waals surface area contributed by atoms with E-state index in [1.807, 2.05) is 41.3 Å². The molecule has 2 aromatic rings. The summed E-state index contributed by atoms with van der Waals surface area (Å²) in [6.07, 6.45) is 4.24. The number of carbonyl (C=O) groups excluding carboxylic acids is 2. The third-order valence-corrected chi connectivity index (χ3v) is 5.53. The molecule has 2 aliphatic rings. The van der Waals surface area contributed by atoms with Crippen LogP contribution in [0.1, 0.15) is 23.5 Å². The van der Waals surface area contributed by atoms with E-state index < -0.39 is 0 Å². The summed E-state index contributed by atoms with van der Waals surface area (Å²) in [5.74, 6) is 0.0643. The van der Waals surface area contributed by atoms with E-state index in [1.165, 1.54) is 12.1 Å². The minimum Gasteiger partial charge on any atom is -0.339 e. The molecule has 1 aliphatic heterocycles. The zero-order valence-corrected chi connectivity index (χ0v) is 15.6. The highest BCUT2D eigenvalue weighted by Crippen LogP contribution is 2.48. The van der Waals surface area contributed by atoms with Gasteiger partial charge in [0.15, 0.2) is 0 Å². The van der Waals surface area contributed by atoms with Gasteiger partial charge in [0.2, 0.25) is 11.8 Å². The Labute approximate surface area is 164 Å². The van der Waals surface area contributed by atoms with Crippen LogP contribution in [0, 0.1) is 11.7 Å². The summed E-state index contributed by atoms with van der Waals surface area (Å²) < 4.78 is 13.1. The molecule has 0 radical (unpaired) electrons. The highest BCUT2D eigenvalue weighted by Gasteiger charge is 2.46. The van der Waals surface area contributed by atoms with Gasteiger partial charge in [-0.3, -0.25) is 9.59 Å². The number of hydrogen-bond donors (Lipinski definition) is 0. The highest BCUT2D eigenvalue weighted by atomic mass is 19.1. The van der Waals surface area contributed by atoms with E-state index in [0.717, 1.165) is 17.5 Å². The fraction of sp³-hybridized carbons (Fsp3) is 0.304. The first-order valence-corrected chi connectivity index (χ1v) is 9.68. The van der Waals surface area contributed by atoms with E-state index in [9.17, 15) is 14.0 Å². The molecule has 0 N–H and O–H groups in total. The largest absolute Gasteiger partial charge is 0.339 e. The molecule has 2 atom stereocenters. The lowest BCUT2D eigenvalue weighted by Crippen LogP contribution is -2.50. The third kappa shape index (κ3) is 4.14. The average Bonchev–Trinajstić information content (AvgIpc) is 3.54. The first-order chi connectivity index (χ1) is 13.6. The summed E-state index contributed by atoms with van der Waals surface area (Å²) >= 11 is 0. The molecule has 0 aromatic heterocycles.